The van der Waals surface area contributed by atoms with E-state index in [1.165, 1.54) is 19.2 Å². The van der Waals surface area contributed by atoms with Crippen LogP contribution in [0.3, 0.4) is 0 Å². The van der Waals surface area contributed by atoms with Crippen LogP contribution in [0.25, 0.3) is 0 Å². The second-order valence-electron chi connectivity index (χ2n) is 6.02. The lowest BCUT2D eigenvalue weighted by atomic mass is 10.1. The van der Waals surface area contributed by atoms with E-state index >= 15 is 0 Å². The van der Waals surface area contributed by atoms with Crippen LogP contribution in [0.2, 0.25) is 10.0 Å². The fraction of sp³-hybridized carbons (Fsp3) is 0.278. The normalized spacial score (nSPS) is 14.2. The van der Waals surface area contributed by atoms with Crippen molar-refractivity contribution in [3.05, 3.63) is 62.1 Å². The average molecular weight is 410 g/mol. The predicted octanol–water partition coefficient (Wildman–Crippen LogP) is 3.87. The van der Waals surface area contributed by atoms with Gasteiger partial charge in [0, 0.05) is 43.3 Å². The van der Waals surface area contributed by atoms with E-state index in [4.69, 9.17) is 27.9 Å². The van der Waals surface area contributed by atoms with Gasteiger partial charge in [0.1, 0.15) is 5.75 Å². The third-order valence-corrected chi connectivity index (χ3v) is 4.98. The number of nitrogens with zero attached hydrogens (tertiary/aromatic N) is 3. The van der Waals surface area contributed by atoms with Crippen LogP contribution in [-0.4, -0.2) is 49.0 Å². The van der Waals surface area contributed by atoms with E-state index in [0.717, 1.165) is 5.69 Å². The second kappa shape index (κ2) is 8.02. The topological polar surface area (TPSA) is 75.9 Å². The van der Waals surface area contributed by atoms with Crippen molar-refractivity contribution in [3.8, 4) is 5.75 Å². The first-order valence-corrected chi connectivity index (χ1v) is 8.98. The Labute approximate surface area is 166 Å². The summed E-state index contributed by atoms with van der Waals surface area (Å²) in [6.45, 7) is 2.10. The summed E-state index contributed by atoms with van der Waals surface area (Å²) in [4.78, 5) is 26.9. The molecule has 1 fully saturated rings. The van der Waals surface area contributed by atoms with E-state index < -0.39 is 4.92 Å². The standard InChI is InChI=1S/C18H17Cl2N3O4/c1-27-17-5-2-12(19)10-14(17)18(24)22-8-6-21(7-9-22)16-4-3-13(23(25)26)11-15(16)20/h2-5,10-11H,6-9H2,1H3. The van der Waals surface area contributed by atoms with E-state index in [2.05, 4.69) is 0 Å². The van der Waals surface area contributed by atoms with Gasteiger partial charge in [0.05, 0.1) is 28.3 Å². The smallest absolute Gasteiger partial charge is 0.271 e. The van der Waals surface area contributed by atoms with Gasteiger partial charge >= 0.3 is 0 Å². The molecule has 27 heavy (non-hydrogen) atoms. The summed E-state index contributed by atoms with van der Waals surface area (Å²) in [7, 11) is 1.51. The molecule has 0 saturated carbocycles. The van der Waals surface area contributed by atoms with Crippen molar-refractivity contribution in [1.82, 2.24) is 4.90 Å². The first-order valence-electron chi connectivity index (χ1n) is 8.22. The predicted molar refractivity (Wildman–Crippen MR) is 104 cm³/mol. The molecule has 2 aromatic carbocycles. The fourth-order valence-electron chi connectivity index (χ4n) is 3.03. The van der Waals surface area contributed by atoms with Crippen LogP contribution in [0.15, 0.2) is 36.4 Å². The first kappa shape index (κ1) is 19.3. The number of rotatable bonds is 4. The van der Waals surface area contributed by atoms with Crippen molar-refractivity contribution < 1.29 is 14.5 Å². The molecule has 1 aliphatic rings. The van der Waals surface area contributed by atoms with Gasteiger partial charge in [0.15, 0.2) is 0 Å². The zero-order valence-electron chi connectivity index (χ0n) is 14.5. The lowest BCUT2D eigenvalue weighted by Crippen LogP contribution is -2.49. The van der Waals surface area contributed by atoms with Crippen LogP contribution in [-0.2, 0) is 0 Å². The number of piperazine rings is 1. The highest BCUT2D eigenvalue weighted by molar-refractivity contribution is 6.33. The lowest BCUT2D eigenvalue weighted by Gasteiger charge is -2.36. The van der Waals surface area contributed by atoms with Gasteiger partial charge in [-0.2, -0.15) is 0 Å². The highest BCUT2D eigenvalue weighted by Gasteiger charge is 2.26. The maximum absolute atomic E-state index is 12.8. The highest BCUT2D eigenvalue weighted by atomic mass is 35.5. The monoisotopic (exact) mass is 409 g/mol. The Bertz CT molecular complexity index is 883. The summed E-state index contributed by atoms with van der Waals surface area (Å²) >= 11 is 12.2. The number of hydrogen-bond acceptors (Lipinski definition) is 5. The summed E-state index contributed by atoms with van der Waals surface area (Å²) in [6.07, 6.45) is 0. The maximum Gasteiger partial charge on any atom is 0.271 e. The van der Waals surface area contributed by atoms with Gasteiger partial charge in [-0.3, -0.25) is 14.9 Å². The molecular weight excluding hydrogens is 393 g/mol. The fourth-order valence-corrected chi connectivity index (χ4v) is 3.50. The van der Waals surface area contributed by atoms with E-state index in [0.29, 0.717) is 47.5 Å². The highest BCUT2D eigenvalue weighted by Crippen LogP contribution is 2.31. The number of non-ortho nitro benzene ring substituents is 1. The lowest BCUT2D eigenvalue weighted by molar-refractivity contribution is -0.384. The van der Waals surface area contributed by atoms with Gasteiger partial charge in [0.2, 0.25) is 0 Å². The van der Waals surface area contributed by atoms with Crippen LogP contribution in [0.4, 0.5) is 11.4 Å². The molecule has 0 spiro atoms. The number of anilines is 1. The molecule has 1 amide bonds. The molecule has 7 nitrogen and oxygen atoms in total. The van der Waals surface area contributed by atoms with E-state index in [9.17, 15) is 14.9 Å². The molecule has 1 aliphatic heterocycles. The number of carbonyl (C=O) groups is 1. The summed E-state index contributed by atoms with van der Waals surface area (Å²) in [5.41, 5.74) is 1.09. The molecule has 0 aliphatic carbocycles. The van der Waals surface area contributed by atoms with Crippen molar-refractivity contribution in [2.45, 2.75) is 0 Å². The molecule has 1 heterocycles. The molecule has 0 atom stereocenters. The Balaban J connectivity index is 1.71. The minimum absolute atomic E-state index is 0.0504. The molecule has 0 N–H and O–H groups in total. The van der Waals surface area contributed by atoms with Gasteiger partial charge in [-0.25, -0.2) is 0 Å². The second-order valence-corrected chi connectivity index (χ2v) is 6.86. The molecule has 0 radical (unpaired) electrons. The Kier molecular flexibility index (Phi) is 5.72. The third kappa shape index (κ3) is 4.09. The van der Waals surface area contributed by atoms with Gasteiger partial charge < -0.3 is 14.5 Å². The minimum Gasteiger partial charge on any atom is -0.496 e. The van der Waals surface area contributed by atoms with Crippen molar-refractivity contribution in [2.75, 3.05) is 38.2 Å². The number of hydrogen-bond donors (Lipinski definition) is 0. The van der Waals surface area contributed by atoms with E-state index in [1.807, 2.05) is 4.90 Å². The largest absolute Gasteiger partial charge is 0.496 e. The zero-order valence-corrected chi connectivity index (χ0v) is 16.0. The van der Waals surface area contributed by atoms with Crippen molar-refractivity contribution in [2.24, 2.45) is 0 Å². The summed E-state index contributed by atoms with van der Waals surface area (Å²) in [5.74, 6) is 0.328. The first-order chi connectivity index (χ1) is 12.9. The molecule has 9 heteroatoms. The van der Waals surface area contributed by atoms with Crippen LogP contribution >= 0.6 is 23.2 Å². The number of methoxy groups -OCH3 is 1. The number of carbonyl (C=O) groups excluding carboxylic acids is 1. The molecule has 1 saturated heterocycles. The van der Waals surface area contributed by atoms with E-state index in [1.54, 1.807) is 29.2 Å². The molecular formula is C18H17Cl2N3O4. The van der Waals surface area contributed by atoms with Crippen LogP contribution in [0.5, 0.6) is 5.75 Å². The van der Waals surface area contributed by atoms with Crippen molar-refractivity contribution >= 4 is 40.5 Å². The van der Waals surface area contributed by atoms with Crippen LogP contribution in [0, 0.1) is 10.1 Å². The number of ether oxygens (including phenoxy) is 1. The average Bonchev–Trinajstić information content (AvgIpc) is 2.67. The van der Waals surface area contributed by atoms with Crippen LogP contribution < -0.4 is 9.64 Å². The molecule has 0 bridgehead atoms. The Morgan fingerprint density at radius 1 is 1.11 bits per heavy atom. The number of halogens is 2. The van der Waals surface area contributed by atoms with Crippen LogP contribution in [0.1, 0.15) is 10.4 Å². The van der Waals surface area contributed by atoms with Gasteiger partial charge in [0.25, 0.3) is 11.6 Å². The summed E-state index contributed by atoms with van der Waals surface area (Å²) in [6, 6.07) is 9.34. The quantitative estimate of drug-likeness (QED) is 0.565. The molecule has 142 valence electrons. The zero-order chi connectivity index (χ0) is 19.6. The summed E-state index contributed by atoms with van der Waals surface area (Å²) < 4.78 is 5.26. The Morgan fingerprint density at radius 3 is 2.41 bits per heavy atom. The van der Waals surface area contributed by atoms with Gasteiger partial charge in [-0.1, -0.05) is 23.2 Å². The number of nitro benzene ring substituents is 1. The third-order valence-electron chi connectivity index (χ3n) is 4.44. The number of amides is 1. The minimum atomic E-state index is -0.482. The maximum atomic E-state index is 12.8. The van der Waals surface area contributed by atoms with Crippen molar-refractivity contribution in [1.29, 1.82) is 0 Å². The molecule has 2 aromatic rings. The SMILES string of the molecule is COc1ccc(Cl)cc1C(=O)N1CCN(c2ccc([N+](=O)[O-])cc2Cl)CC1. The van der Waals surface area contributed by atoms with Gasteiger partial charge in [-0.05, 0) is 24.3 Å². The number of benzene rings is 2. The van der Waals surface area contributed by atoms with E-state index in [-0.39, 0.29) is 11.6 Å². The van der Waals surface area contributed by atoms with Gasteiger partial charge in [-0.15, -0.1) is 0 Å². The molecule has 3 rings (SSSR count). The Morgan fingerprint density at radius 2 is 1.81 bits per heavy atom. The summed E-state index contributed by atoms with van der Waals surface area (Å²) in [5, 5.41) is 11.6. The number of nitro groups is 1. The Hall–Kier alpha value is -2.51. The molecule has 0 aromatic heterocycles. The van der Waals surface area contributed by atoms with Crippen molar-refractivity contribution in [3.63, 3.8) is 0 Å². The molecule has 0 unspecified atom stereocenters.